The number of carboxylic acids is 1. The van der Waals surface area contributed by atoms with Gasteiger partial charge in [-0.25, -0.2) is 9.18 Å². The van der Waals surface area contributed by atoms with Crippen LogP contribution in [0.2, 0.25) is 0 Å². The molecule has 3 rings (SSSR count). The van der Waals surface area contributed by atoms with Gasteiger partial charge in [-0.05, 0) is 24.1 Å². The molecular weight excluding hydrogens is 271 g/mol. The average molecular weight is 286 g/mol. The van der Waals surface area contributed by atoms with Crippen LogP contribution < -0.4 is 11.1 Å². The highest BCUT2D eigenvalue weighted by molar-refractivity contribution is 6.00. The molecule has 0 radical (unpaired) electrons. The molecule has 0 saturated heterocycles. The summed E-state index contributed by atoms with van der Waals surface area (Å²) in [6.45, 7) is 0. The molecule has 4 nitrogen and oxygen atoms in total. The number of hydrogen-bond donors (Lipinski definition) is 3. The fourth-order valence-corrected chi connectivity index (χ4v) is 2.57. The highest BCUT2D eigenvalue weighted by Gasteiger charge is 2.39. The zero-order valence-electron chi connectivity index (χ0n) is 11.2. The second kappa shape index (κ2) is 5.09. The number of benzene rings is 2. The van der Waals surface area contributed by atoms with Crippen LogP contribution in [0.5, 0.6) is 0 Å². The molecule has 0 aromatic heterocycles. The molecule has 0 amide bonds. The van der Waals surface area contributed by atoms with Gasteiger partial charge in [0.15, 0.2) is 0 Å². The molecule has 108 valence electrons. The lowest BCUT2D eigenvalue weighted by atomic mass is 10.1. The number of carbonyl (C=O) groups is 1. The maximum atomic E-state index is 13.4. The number of halogens is 1. The van der Waals surface area contributed by atoms with Gasteiger partial charge in [0.25, 0.3) is 0 Å². The van der Waals surface area contributed by atoms with Crippen LogP contribution in [-0.2, 0) is 0 Å². The first-order chi connectivity index (χ1) is 10.1. The van der Waals surface area contributed by atoms with E-state index in [0.717, 1.165) is 6.42 Å². The van der Waals surface area contributed by atoms with Crippen LogP contribution in [0.25, 0.3) is 0 Å². The van der Waals surface area contributed by atoms with Crippen molar-refractivity contribution < 1.29 is 14.3 Å². The van der Waals surface area contributed by atoms with Crippen LogP contribution in [0.4, 0.5) is 15.8 Å². The van der Waals surface area contributed by atoms with E-state index in [9.17, 15) is 14.3 Å². The van der Waals surface area contributed by atoms with Crippen molar-refractivity contribution in [1.82, 2.24) is 0 Å². The molecule has 1 aliphatic carbocycles. The van der Waals surface area contributed by atoms with Crippen molar-refractivity contribution in [2.24, 2.45) is 0 Å². The number of anilines is 2. The van der Waals surface area contributed by atoms with Gasteiger partial charge in [0, 0.05) is 12.0 Å². The number of aromatic carboxylic acids is 1. The lowest BCUT2D eigenvalue weighted by Crippen LogP contribution is -2.12. The number of carboxylic acid groups (broad SMARTS) is 1. The quantitative estimate of drug-likeness (QED) is 0.755. The number of hydrogen-bond acceptors (Lipinski definition) is 3. The van der Waals surface area contributed by atoms with E-state index in [0.29, 0.717) is 11.6 Å². The van der Waals surface area contributed by atoms with Crippen molar-refractivity contribution in [3.8, 4) is 0 Å². The Morgan fingerprint density at radius 3 is 2.62 bits per heavy atom. The molecule has 2 atom stereocenters. The van der Waals surface area contributed by atoms with E-state index in [2.05, 4.69) is 5.32 Å². The summed E-state index contributed by atoms with van der Waals surface area (Å²) in [7, 11) is 0. The molecule has 2 aromatic carbocycles. The van der Waals surface area contributed by atoms with Crippen LogP contribution in [0, 0.1) is 5.82 Å². The molecule has 0 bridgehead atoms. The Bertz CT molecular complexity index is 688. The monoisotopic (exact) mass is 286 g/mol. The normalized spacial score (nSPS) is 20.0. The smallest absolute Gasteiger partial charge is 0.340 e. The summed E-state index contributed by atoms with van der Waals surface area (Å²) in [5, 5.41) is 12.4. The standard InChI is InChI=1S/C16H15FN2O2/c17-11-6-7-12(14(15(11)18)16(20)21)19-13-8-10(13)9-4-2-1-3-5-9/h1-7,10,13,19H,8,18H2,(H,20,21). The number of nitrogens with two attached hydrogens (primary N) is 1. The summed E-state index contributed by atoms with van der Waals surface area (Å²) in [6, 6.07) is 12.8. The molecule has 21 heavy (non-hydrogen) atoms. The van der Waals surface area contributed by atoms with E-state index in [1.807, 2.05) is 30.3 Å². The van der Waals surface area contributed by atoms with E-state index in [-0.39, 0.29) is 17.3 Å². The van der Waals surface area contributed by atoms with Crippen molar-refractivity contribution in [2.75, 3.05) is 11.1 Å². The van der Waals surface area contributed by atoms with Gasteiger partial charge >= 0.3 is 5.97 Å². The number of nitrogens with one attached hydrogen (secondary N) is 1. The van der Waals surface area contributed by atoms with E-state index in [1.54, 1.807) is 0 Å². The summed E-state index contributed by atoms with van der Waals surface area (Å²) in [5.41, 5.74) is 6.58. The summed E-state index contributed by atoms with van der Waals surface area (Å²) in [6.07, 6.45) is 0.917. The number of nitrogen functional groups attached to an aromatic ring is 1. The molecule has 0 aliphatic heterocycles. The van der Waals surface area contributed by atoms with Crippen molar-refractivity contribution >= 4 is 17.3 Å². The van der Waals surface area contributed by atoms with Gasteiger partial charge in [0.05, 0.1) is 11.4 Å². The van der Waals surface area contributed by atoms with Crippen LogP contribution in [0.1, 0.15) is 28.3 Å². The third-order valence-corrected chi connectivity index (χ3v) is 3.77. The lowest BCUT2D eigenvalue weighted by Gasteiger charge is -2.12. The molecule has 2 aromatic rings. The van der Waals surface area contributed by atoms with Gasteiger partial charge in [0.1, 0.15) is 11.4 Å². The predicted molar refractivity (Wildman–Crippen MR) is 79.0 cm³/mol. The van der Waals surface area contributed by atoms with Gasteiger partial charge in [-0.15, -0.1) is 0 Å². The Hall–Kier alpha value is -2.56. The van der Waals surface area contributed by atoms with Crippen molar-refractivity contribution in [1.29, 1.82) is 0 Å². The summed E-state index contributed by atoms with van der Waals surface area (Å²) in [4.78, 5) is 11.3. The molecule has 5 heteroatoms. The third-order valence-electron chi connectivity index (χ3n) is 3.77. The molecule has 0 heterocycles. The first-order valence-electron chi connectivity index (χ1n) is 6.70. The maximum Gasteiger partial charge on any atom is 0.340 e. The Kier molecular flexibility index (Phi) is 3.25. The third kappa shape index (κ3) is 2.54. The number of rotatable bonds is 4. The van der Waals surface area contributed by atoms with Crippen molar-refractivity contribution in [3.63, 3.8) is 0 Å². The van der Waals surface area contributed by atoms with Crippen LogP contribution in [0.15, 0.2) is 42.5 Å². The maximum absolute atomic E-state index is 13.4. The zero-order chi connectivity index (χ0) is 15.0. The molecule has 4 N–H and O–H groups in total. The van der Waals surface area contributed by atoms with Crippen LogP contribution in [0.3, 0.4) is 0 Å². The zero-order valence-corrected chi connectivity index (χ0v) is 11.2. The van der Waals surface area contributed by atoms with Gasteiger partial charge in [-0.3, -0.25) is 0 Å². The van der Waals surface area contributed by atoms with E-state index in [4.69, 9.17) is 5.73 Å². The molecule has 1 aliphatic rings. The van der Waals surface area contributed by atoms with Gasteiger partial charge in [-0.1, -0.05) is 30.3 Å². The largest absolute Gasteiger partial charge is 0.478 e. The highest BCUT2D eigenvalue weighted by Crippen LogP contribution is 2.43. The lowest BCUT2D eigenvalue weighted by molar-refractivity contribution is 0.0698. The van der Waals surface area contributed by atoms with Crippen molar-refractivity contribution in [2.45, 2.75) is 18.4 Å². The van der Waals surface area contributed by atoms with Gasteiger partial charge in [0.2, 0.25) is 0 Å². The topological polar surface area (TPSA) is 75.3 Å². The highest BCUT2D eigenvalue weighted by atomic mass is 19.1. The average Bonchev–Trinajstić information content (AvgIpc) is 3.23. The van der Waals surface area contributed by atoms with E-state index < -0.39 is 11.8 Å². The van der Waals surface area contributed by atoms with E-state index in [1.165, 1.54) is 17.7 Å². The fraction of sp³-hybridized carbons (Fsp3) is 0.188. The molecule has 1 fully saturated rings. The first kappa shape index (κ1) is 13.4. The summed E-state index contributed by atoms with van der Waals surface area (Å²) < 4.78 is 13.4. The fourth-order valence-electron chi connectivity index (χ4n) is 2.57. The Balaban J connectivity index is 1.81. The summed E-state index contributed by atoms with van der Waals surface area (Å²) in [5.74, 6) is -1.60. The molecular formula is C16H15FN2O2. The van der Waals surface area contributed by atoms with Crippen molar-refractivity contribution in [3.05, 3.63) is 59.4 Å². The Morgan fingerprint density at radius 1 is 1.24 bits per heavy atom. The molecule has 2 unspecified atom stereocenters. The summed E-state index contributed by atoms with van der Waals surface area (Å²) >= 11 is 0. The molecule has 0 spiro atoms. The van der Waals surface area contributed by atoms with E-state index >= 15 is 0 Å². The predicted octanol–water partition coefficient (Wildman–Crippen LogP) is 3.07. The SMILES string of the molecule is Nc1c(F)ccc(NC2CC2c2ccccc2)c1C(=O)O. The van der Waals surface area contributed by atoms with Gasteiger partial charge < -0.3 is 16.2 Å². The van der Waals surface area contributed by atoms with Crippen LogP contribution in [-0.4, -0.2) is 17.1 Å². The Morgan fingerprint density at radius 2 is 1.95 bits per heavy atom. The molecule has 1 saturated carbocycles. The second-order valence-electron chi connectivity index (χ2n) is 5.19. The minimum Gasteiger partial charge on any atom is -0.478 e. The van der Waals surface area contributed by atoms with Gasteiger partial charge in [-0.2, -0.15) is 0 Å². The van der Waals surface area contributed by atoms with Crippen LogP contribution >= 0.6 is 0 Å². The Labute approximate surface area is 121 Å². The first-order valence-corrected chi connectivity index (χ1v) is 6.70. The minimum atomic E-state index is -1.23. The minimum absolute atomic E-state index is 0.148. The second-order valence-corrected chi connectivity index (χ2v) is 5.19.